The molecule has 1 atom stereocenters. The van der Waals surface area contributed by atoms with E-state index in [1.165, 1.54) is 6.07 Å². The van der Waals surface area contributed by atoms with Crippen molar-refractivity contribution in [1.29, 1.82) is 0 Å². The predicted molar refractivity (Wildman–Crippen MR) is 81.5 cm³/mol. The number of hydrogen-bond acceptors (Lipinski definition) is 6. The summed E-state index contributed by atoms with van der Waals surface area (Å²) >= 11 is 0. The summed E-state index contributed by atoms with van der Waals surface area (Å²) in [6.07, 6.45) is 0. The number of fused-ring (bicyclic) bond motifs is 1. The van der Waals surface area contributed by atoms with Gasteiger partial charge in [0.2, 0.25) is 0 Å². The number of rotatable bonds is 7. The summed E-state index contributed by atoms with van der Waals surface area (Å²) in [6.45, 7) is 9.05. The Balaban J connectivity index is 2.16. The second-order valence-electron chi connectivity index (χ2n) is 4.93. The third-order valence-corrected chi connectivity index (χ3v) is 3.39. The van der Waals surface area contributed by atoms with Crippen molar-refractivity contribution in [3.05, 3.63) is 28.3 Å². The molecule has 1 heterocycles. The van der Waals surface area contributed by atoms with Gasteiger partial charge in [-0.25, -0.2) is 0 Å². The molecule has 0 spiro atoms. The van der Waals surface area contributed by atoms with Crippen LogP contribution < -0.4 is 5.32 Å². The molecule has 0 aliphatic carbocycles. The van der Waals surface area contributed by atoms with Gasteiger partial charge in [0.15, 0.2) is 11.1 Å². The van der Waals surface area contributed by atoms with E-state index < -0.39 is 4.92 Å². The van der Waals surface area contributed by atoms with Gasteiger partial charge in [0.25, 0.3) is 11.7 Å². The minimum atomic E-state index is -0.450. The van der Waals surface area contributed by atoms with Gasteiger partial charge in [0.05, 0.1) is 4.92 Å². The summed E-state index contributed by atoms with van der Waals surface area (Å²) in [4.78, 5) is 17.0. The molecule has 0 saturated carbocycles. The highest BCUT2D eigenvalue weighted by atomic mass is 16.6. The Morgan fingerprint density at radius 1 is 1.43 bits per heavy atom. The van der Waals surface area contributed by atoms with Crippen molar-refractivity contribution < 1.29 is 9.34 Å². The zero-order chi connectivity index (χ0) is 15.4. The van der Waals surface area contributed by atoms with E-state index in [1.807, 2.05) is 6.92 Å². The highest BCUT2D eigenvalue weighted by Gasteiger charge is 2.18. The summed E-state index contributed by atoms with van der Waals surface area (Å²) < 4.78 is 5.53. The number of anilines is 1. The van der Waals surface area contributed by atoms with Gasteiger partial charge in [-0.1, -0.05) is 19.9 Å². The molecule has 21 heavy (non-hydrogen) atoms. The molecule has 1 aromatic carbocycles. The largest absolute Gasteiger partial charge is 0.423 e. The summed E-state index contributed by atoms with van der Waals surface area (Å²) in [5, 5.41) is 14.1. The fourth-order valence-electron chi connectivity index (χ4n) is 2.27. The molecule has 7 nitrogen and oxygen atoms in total. The summed E-state index contributed by atoms with van der Waals surface area (Å²) in [6, 6.07) is 5.15. The van der Waals surface area contributed by atoms with Crippen molar-refractivity contribution in [2.45, 2.75) is 26.8 Å². The SMILES string of the molecule is CCN(CC)CC(C)Nc1nc2c([N+](=O)[O-])cccc2o1. The van der Waals surface area contributed by atoms with Crippen LogP contribution in [0.1, 0.15) is 20.8 Å². The minimum absolute atomic E-state index is 0.0410. The minimum Gasteiger partial charge on any atom is -0.423 e. The molecule has 114 valence electrons. The number of aromatic nitrogens is 1. The van der Waals surface area contributed by atoms with Gasteiger partial charge in [-0.05, 0) is 26.1 Å². The zero-order valence-corrected chi connectivity index (χ0v) is 12.5. The lowest BCUT2D eigenvalue weighted by atomic mass is 10.3. The van der Waals surface area contributed by atoms with Crippen LogP contribution in [0.2, 0.25) is 0 Å². The number of nitro benzene ring substituents is 1. The fraction of sp³-hybridized carbons (Fsp3) is 0.500. The van der Waals surface area contributed by atoms with Gasteiger partial charge < -0.3 is 14.6 Å². The molecule has 0 aliphatic heterocycles. The van der Waals surface area contributed by atoms with Gasteiger partial charge >= 0.3 is 0 Å². The molecular weight excluding hydrogens is 272 g/mol. The number of non-ortho nitro benzene ring substituents is 1. The van der Waals surface area contributed by atoms with Gasteiger partial charge in [-0.15, -0.1) is 0 Å². The molecule has 0 radical (unpaired) electrons. The van der Waals surface area contributed by atoms with Crippen LogP contribution >= 0.6 is 0 Å². The second-order valence-corrected chi connectivity index (χ2v) is 4.93. The highest BCUT2D eigenvalue weighted by Crippen LogP contribution is 2.27. The molecule has 1 N–H and O–H groups in total. The number of hydrogen-bond donors (Lipinski definition) is 1. The van der Waals surface area contributed by atoms with E-state index in [2.05, 4.69) is 29.0 Å². The van der Waals surface area contributed by atoms with Gasteiger partial charge in [0.1, 0.15) is 0 Å². The molecule has 0 saturated heterocycles. The Morgan fingerprint density at radius 2 is 2.14 bits per heavy atom. The number of likely N-dealkylation sites (N-methyl/N-ethyl adjacent to an activating group) is 1. The topological polar surface area (TPSA) is 84.4 Å². The maximum Gasteiger partial charge on any atom is 0.298 e. The Hall–Kier alpha value is -2.15. The molecule has 0 bridgehead atoms. The third kappa shape index (κ3) is 3.49. The first kappa shape index (κ1) is 15.2. The predicted octanol–water partition coefficient (Wildman–Crippen LogP) is 2.88. The summed E-state index contributed by atoms with van der Waals surface area (Å²) in [7, 11) is 0. The van der Waals surface area contributed by atoms with E-state index in [0.29, 0.717) is 11.6 Å². The van der Waals surface area contributed by atoms with Crippen molar-refractivity contribution in [3.8, 4) is 0 Å². The average molecular weight is 292 g/mol. The number of para-hydroxylation sites is 1. The van der Waals surface area contributed by atoms with Gasteiger partial charge in [-0.3, -0.25) is 10.1 Å². The van der Waals surface area contributed by atoms with Crippen LogP contribution in [0.15, 0.2) is 22.6 Å². The maximum absolute atomic E-state index is 11.0. The molecule has 2 rings (SSSR count). The monoisotopic (exact) mass is 292 g/mol. The van der Waals surface area contributed by atoms with E-state index in [-0.39, 0.29) is 17.2 Å². The van der Waals surface area contributed by atoms with Gasteiger partial charge in [0, 0.05) is 18.7 Å². The molecule has 1 unspecified atom stereocenters. The number of nitrogens with one attached hydrogen (secondary N) is 1. The van der Waals surface area contributed by atoms with Crippen molar-refractivity contribution in [1.82, 2.24) is 9.88 Å². The van der Waals surface area contributed by atoms with E-state index in [0.717, 1.165) is 19.6 Å². The summed E-state index contributed by atoms with van der Waals surface area (Å²) in [5.74, 6) is 0. The van der Waals surface area contributed by atoms with Crippen LogP contribution in [0.5, 0.6) is 0 Å². The molecule has 0 fully saturated rings. The van der Waals surface area contributed by atoms with Crippen molar-refractivity contribution in [3.63, 3.8) is 0 Å². The number of nitrogens with zero attached hydrogens (tertiary/aromatic N) is 3. The first-order chi connectivity index (χ1) is 10.0. The maximum atomic E-state index is 11.0. The van der Waals surface area contributed by atoms with Crippen LogP contribution in [0.3, 0.4) is 0 Å². The van der Waals surface area contributed by atoms with E-state index >= 15 is 0 Å². The van der Waals surface area contributed by atoms with Crippen LogP contribution in [-0.4, -0.2) is 40.5 Å². The third-order valence-electron chi connectivity index (χ3n) is 3.39. The van der Waals surface area contributed by atoms with E-state index in [1.54, 1.807) is 12.1 Å². The van der Waals surface area contributed by atoms with Crippen LogP contribution in [0.25, 0.3) is 11.1 Å². The second kappa shape index (κ2) is 6.53. The Kier molecular flexibility index (Phi) is 4.74. The normalized spacial score (nSPS) is 12.8. The zero-order valence-electron chi connectivity index (χ0n) is 12.5. The van der Waals surface area contributed by atoms with Crippen LogP contribution in [0, 0.1) is 10.1 Å². The van der Waals surface area contributed by atoms with Crippen LogP contribution in [-0.2, 0) is 0 Å². The molecule has 1 aromatic heterocycles. The quantitative estimate of drug-likeness (QED) is 0.624. The number of oxazole rings is 1. The smallest absolute Gasteiger partial charge is 0.298 e. The number of benzene rings is 1. The first-order valence-corrected chi connectivity index (χ1v) is 7.08. The standard InChI is InChI=1S/C14H20N4O3/c1-4-17(5-2)9-10(3)15-14-16-13-11(18(19)20)7-6-8-12(13)21-14/h6-8,10H,4-5,9H2,1-3H3,(H,15,16). The van der Waals surface area contributed by atoms with Crippen molar-refractivity contribution in [2.24, 2.45) is 0 Å². The van der Waals surface area contributed by atoms with E-state index in [9.17, 15) is 10.1 Å². The lowest BCUT2D eigenvalue weighted by Crippen LogP contribution is -2.34. The molecule has 2 aromatic rings. The van der Waals surface area contributed by atoms with Gasteiger partial charge in [-0.2, -0.15) is 4.98 Å². The van der Waals surface area contributed by atoms with Crippen LogP contribution in [0.4, 0.5) is 11.7 Å². The molecule has 0 amide bonds. The average Bonchev–Trinajstić information content (AvgIpc) is 2.86. The Labute approximate surface area is 123 Å². The number of nitro groups is 1. The Morgan fingerprint density at radius 3 is 2.76 bits per heavy atom. The first-order valence-electron chi connectivity index (χ1n) is 7.08. The van der Waals surface area contributed by atoms with Crippen molar-refractivity contribution in [2.75, 3.05) is 25.0 Å². The lowest BCUT2D eigenvalue weighted by molar-refractivity contribution is -0.383. The van der Waals surface area contributed by atoms with E-state index in [4.69, 9.17) is 4.42 Å². The summed E-state index contributed by atoms with van der Waals surface area (Å²) in [5.41, 5.74) is 0.655. The fourth-order valence-corrected chi connectivity index (χ4v) is 2.27. The Bertz CT molecular complexity index is 622. The molecular formula is C14H20N4O3. The highest BCUT2D eigenvalue weighted by molar-refractivity contribution is 5.84. The van der Waals surface area contributed by atoms with Crippen molar-refractivity contribution >= 4 is 22.8 Å². The lowest BCUT2D eigenvalue weighted by Gasteiger charge is -2.22. The molecule has 7 heteroatoms. The molecule has 0 aliphatic rings.